The van der Waals surface area contributed by atoms with Crippen LogP contribution >= 0.6 is 0 Å². The van der Waals surface area contributed by atoms with Gasteiger partial charge < -0.3 is 14.7 Å². The van der Waals surface area contributed by atoms with Crippen LogP contribution in [0.5, 0.6) is 0 Å². The number of pyridine rings is 1. The van der Waals surface area contributed by atoms with Gasteiger partial charge in [0.15, 0.2) is 0 Å². The Morgan fingerprint density at radius 3 is 2.42 bits per heavy atom. The lowest BCUT2D eigenvalue weighted by Crippen LogP contribution is -2.53. The zero-order valence-corrected chi connectivity index (χ0v) is 11.7. The number of carbonyl (C=O) groups excluding carboxylic acids is 1. The smallest absolute Gasteiger partial charge is 0.320 e. The molecule has 2 heterocycles. The van der Waals surface area contributed by atoms with Gasteiger partial charge >= 0.3 is 6.03 Å². The minimum atomic E-state index is 0.158. The Hall–Kier alpha value is -1.78. The van der Waals surface area contributed by atoms with E-state index in [0.717, 1.165) is 45.1 Å². The number of aromatic nitrogens is 1. The van der Waals surface area contributed by atoms with Gasteiger partial charge in [-0.1, -0.05) is 6.07 Å². The summed E-state index contributed by atoms with van der Waals surface area (Å²) in [5.74, 6) is 0.998. The maximum absolute atomic E-state index is 12.2. The highest BCUT2D eigenvalue weighted by Crippen LogP contribution is 2.13. The lowest BCUT2D eigenvalue weighted by atomic mass is 10.3. The average molecular weight is 262 g/mol. The molecule has 0 N–H and O–H groups in total. The molecule has 5 nitrogen and oxygen atoms in total. The largest absolute Gasteiger partial charge is 0.353 e. The van der Waals surface area contributed by atoms with Crippen molar-refractivity contribution in [3.05, 3.63) is 24.4 Å². The van der Waals surface area contributed by atoms with E-state index in [1.165, 1.54) is 0 Å². The van der Waals surface area contributed by atoms with Crippen LogP contribution in [0.1, 0.15) is 13.8 Å². The Kier molecular flexibility index (Phi) is 4.60. The van der Waals surface area contributed by atoms with Crippen LogP contribution in [0, 0.1) is 0 Å². The number of piperazine rings is 1. The first-order valence-electron chi connectivity index (χ1n) is 6.96. The molecular formula is C14H22N4O. The molecule has 0 bridgehead atoms. The van der Waals surface area contributed by atoms with Gasteiger partial charge in [-0.15, -0.1) is 0 Å². The van der Waals surface area contributed by atoms with E-state index in [4.69, 9.17) is 0 Å². The van der Waals surface area contributed by atoms with Crippen molar-refractivity contribution in [1.82, 2.24) is 14.8 Å². The Balaban J connectivity index is 1.91. The van der Waals surface area contributed by atoms with Crippen molar-refractivity contribution in [3.63, 3.8) is 0 Å². The van der Waals surface area contributed by atoms with Gasteiger partial charge in [-0.25, -0.2) is 9.78 Å². The molecule has 1 fully saturated rings. The lowest BCUT2D eigenvalue weighted by Gasteiger charge is -2.37. The minimum Gasteiger partial charge on any atom is -0.353 e. The number of urea groups is 1. The van der Waals surface area contributed by atoms with Crippen molar-refractivity contribution in [2.75, 3.05) is 44.2 Å². The third-order valence-corrected chi connectivity index (χ3v) is 3.56. The molecule has 0 spiro atoms. The van der Waals surface area contributed by atoms with Crippen LogP contribution in [0.3, 0.4) is 0 Å². The highest BCUT2D eigenvalue weighted by Gasteiger charge is 2.24. The van der Waals surface area contributed by atoms with E-state index in [0.29, 0.717) is 0 Å². The summed E-state index contributed by atoms with van der Waals surface area (Å²) in [5, 5.41) is 0. The second kappa shape index (κ2) is 6.41. The number of nitrogens with zero attached hydrogens (tertiary/aromatic N) is 4. The van der Waals surface area contributed by atoms with E-state index in [1.807, 2.05) is 48.0 Å². The fourth-order valence-electron chi connectivity index (χ4n) is 2.36. The third kappa shape index (κ3) is 3.16. The SMILES string of the molecule is CCN(CC)C(=O)N1CCN(c2ccccn2)CC1. The van der Waals surface area contributed by atoms with Gasteiger partial charge in [-0.3, -0.25) is 0 Å². The molecule has 0 radical (unpaired) electrons. The number of carbonyl (C=O) groups is 1. The molecule has 0 aromatic carbocycles. The van der Waals surface area contributed by atoms with E-state index >= 15 is 0 Å². The van der Waals surface area contributed by atoms with Crippen LogP contribution in [0.15, 0.2) is 24.4 Å². The molecule has 5 heteroatoms. The minimum absolute atomic E-state index is 0.158. The van der Waals surface area contributed by atoms with Crippen molar-refractivity contribution < 1.29 is 4.79 Å². The van der Waals surface area contributed by atoms with Crippen LogP contribution < -0.4 is 4.90 Å². The fourth-order valence-corrected chi connectivity index (χ4v) is 2.36. The zero-order chi connectivity index (χ0) is 13.7. The summed E-state index contributed by atoms with van der Waals surface area (Å²) >= 11 is 0. The standard InChI is InChI=1S/C14H22N4O/c1-3-16(4-2)14(19)18-11-9-17(10-12-18)13-7-5-6-8-15-13/h5-8H,3-4,9-12H2,1-2H3. The van der Waals surface area contributed by atoms with E-state index in [9.17, 15) is 4.79 Å². The van der Waals surface area contributed by atoms with Crippen LogP contribution in [0.4, 0.5) is 10.6 Å². The summed E-state index contributed by atoms with van der Waals surface area (Å²) in [6.07, 6.45) is 1.81. The Labute approximate surface area is 114 Å². The molecule has 1 aliphatic heterocycles. The van der Waals surface area contributed by atoms with Gasteiger partial charge in [-0.05, 0) is 26.0 Å². The monoisotopic (exact) mass is 262 g/mol. The van der Waals surface area contributed by atoms with Crippen molar-refractivity contribution in [3.8, 4) is 0 Å². The van der Waals surface area contributed by atoms with Crippen LogP contribution in [-0.4, -0.2) is 60.1 Å². The first-order chi connectivity index (χ1) is 9.26. The summed E-state index contributed by atoms with van der Waals surface area (Å²) in [6, 6.07) is 6.09. The van der Waals surface area contributed by atoms with Crippen LogP contribution in [0.2, 0.25) is 0 Å². The maximum atomic E-state index is 12.2. The number of rotatable bonds is 3. The number of hydrogen-bond donors (Lipinski definition) is 0. The summed E-state index contributed by atoms with van der Waals surface area (Å²) in [7, 11) is 0. The molecule has 0 unspecified atom stereocenters. The molecule has 1 saturated heterocycles. The molecule has 1 aliphatic rings. The van der Waals surface area contributed by atoms with Gasteiger partial charge in [0, 0.05) is 45.5 Å². The molecule has 19 heavy (non-hydrogen) atoms. The van der Waals surface area contributed by atoms with Crippen molar-refractivity contribution in [2.24, 2.45) is 0 Å². The molecule has 0 aliphatic carbocycles. The lowest BCUT2D eigenvalue weighted by molar-refractivity contribution is 0.154. The molecule has 2 amide bonds. The second-order valence-corrected chi connectivity index (χ2v) is 4.62. The summed E-state index contributed by atoms with van der Waals surface area (Å²) in [4.78, 5) is 22.6. The summed E-state index contributed by atoms with van der Waals surface area (Å²) in [6.45, 7) is 8.83. The van der Waals surface area contributed by atoms with E-state index < -0.39 is 0 Å². The predicted molar refractivity (Wildman–Crippen MR) is 76.3 cm³/mol. The number of amides is 2. The predicted octanol–water partition coefficient (Wildman–Crippen LogP) is 1.67. The normalized spacial score (nSPS) is 15.5. The van der Waals surface area contributed by atoms with Crippen molar-refractivity contribution in [2.45, 2.75) is 13.8 Å². The average Bonchev–Trinajstić information content (AvgIpc) is 2.49. The Morgan fingerprint density at radius 2 is 1.89 bits per heavy atom. The van der Waals surface area contributed by atoms with Crippen molar-refractivity contribution >= 4 is 11.8 Å². The molecule has 104 valence electrons. The van der Waals surface area contributed by atoms with E-state index in [1.54, 1.807) is 0 Å². The topological polar surface area (TPSA) is 39.7 Å². The van der Waals surface area contributed by atoms with Gasteiger partial charge in [-0.2, -0.15) is 0 Å². The van der Waals surface area contributed by atoms with Gasteiger partial charge in [0.2, 0.25) is 0 Å². The first kappa shape index (κ1) is 13.6. The summed E-state index contributed by atoms with van der Waals surface area (Å²) in [5.41, 5.74) is 0. The third-order valence-electron chi connectivity index (χ3n) is 3.56. The number of anilines is 1. The Morgan fingerprint density at radius 1 is 1.21 bits per heavy atom. The summed E-state index contributed by atoms with van der Waals surface area (Å²) < 4.78 is 0. The maximum Gasteiger partial charge on any atom is 0.320 e. The molecular weight excluding hydrogens is 240 g/mol. The highest BCUT2D eigenvalue weighted by molar-refractivity contribution is 5.74. The van der Waals surface area contributed by atoms with Gasteiger partial charge in [0.1, 0.15) is 5.82 Å². The van der Waals surface area contributed by atoms with Gasteiger partial charge in [0.25, 0.3) is 0 Å². The molecule has 0 atom stereocenters. The first-order valence-corrected chi connectivity index (χ1v) is 6.96. The highest BCUT2D eigenvalue weighted by atomic mass is 16.2. The quantitative estimate of drug-likeness (QED) is 0.832. The zero-order valence-electron chi connectivity index (χ0n) is 11.7. The van der Waals surface area contributed by atoms with E-state index in [2.05, 4.69) is 9.88 Å². The fraction of sp³-hybridized carbons (Fsp3) is 0.571. The molecule has 0 saturated carbocycles. The van der Waals surface area contributed by atoms with E-state index in [-0.39, 0.29) is 6.03 Å². The second-order valence-electron chi connectivity index (χ2n) is 4.62. The van der Waals surface area contributed by atoms with Crippen LogP contribution in [0.25, 0.3) is 0 Å². The van der Waals surface area contributed by atoms with Crippen LogP contribution in [-0.2, 0) is 0 Å². The van der Waals surface area contributed by atoms with Gasteiger partial charge in [0.05, 0.1) is 0 Å². The van der Waals surface area contributed by atoms with Crippen molar-refractivity contribution in [1.29, 1.82) is 0 Å². The Bertz CT molecular complexity index is 397. The molecule has 1 aromatic rings. The number of hydrogen-bond acceptors (Lipinski definition) is 3. The molecule has 2 rings (SSSR count). The molecule has 1 aromatic heterocycles.